The molecule has 0 atom stereocenters. The van der Waals surface area contributed by atoms with Gasteiger partial charge in [-0.05, 0) is 49.2 Å². The number of anilines is 2. The Morgan fingerprint density at radius 3 is 2.75 bits per heavy atom. The molecule has 1 heterocycles. The number of benzene rings is 2. The van der Waals surface area contributed by atoms with Crippen molar-refractivity contribution in [3.63, 3.8) is 0 Å². The van der Waals surface area contributed by atoms with Gasteiger partial charge >= 0.3 is 0 Å². The van der Waals surface area contributed by atoms with Crippen LogP contribution in [0.3, 0.4) is 0 Å². The highest BCUT2D eigenvalue weighted by Crippen LogP contribution is 2.30. The zero-order chi connectivity index (χ0) is 19.9. The molecular formula is C22H24N2O4. The van der Waals surface area contributed by atoms with Crippen LogP contribution in [0.15, 0.2) is 48.5 Å². The summed E-state index contributed by atoms with van der Waals surface area (Å²) in [5.41, 5.74) is 2.18. The van der Waals surface area contributed by atoms with E-state index in [4.69, 9.17) is 9.47 Å². The highest BCUT2D eigenvalue weighted by Gasteiger charge is 2.23. The second kappa shape index (κ2) is 9.08. The minimum Gasteiger partial charge on any atom is -0.493 e. The first-order valence-corrected chi connectivity index (χ1v) is 9.31. The largest absolute Gasteiger partial charge is 0.493 e. The third kappa shape index (κ3) is 4.52. The molecule has 0 spiro atoms. The van der Waals surface area contributed by atoms with E-state index in [1.54, 1.807) is 30.2 Å². The van der Waals surface area contributed by atoms with E-state index in [2.05, 4.69) is 5.32 Å². The van der Waals surface area contributed by atoms with Crippen molar-refractivity contribution in [2.45, 2.75) is 19.8 Å². The van der Waals surface area contributed by atoms with E-state index in [1.807, 2.05) is 37.3 Å². The lowest BCUT2D eigenvalue weighted by molar-refractivity contribution is -0.117. The first-order chi connectivity index (χ1) is 13.6. The number of hydrogen-bond donors (Lipinski definition) is 1. The zero-order valence-electron chi connectivity index (χ0n) is 16.1. The molecule has 0 aliphatic carbocycles. The number of nitrogens with one attached hydrogen (secondary N) is 1. The Labute approximate surface area is 164 Å². The zero-order valence-corrected chi connectivity index (χ0v) is 16.1. The number of methoxy groups -OCH3 is 1. The van der Waals surface area contributed by atoms with Gasteiger partial charge in [0.05, 0.1) is 25.1 Å². The SMILES string of the molecule is CCOc1cc(/C=C/C(=O)Nc2ccccc2N2CCCC2=O)ccc1OC. The van der Waals surface area contributed by atoms with E-state index in [1.165, 1.54) is 6.08 Å². The van der Waals surface area contributed by atoms with Gasteiger partial charge in [0.1, 0.15) is 0 Å². The van der Waals surface area contributed by atoms with Gasteiger partial charge in [-0.1, -0.05) is 18.2 Å². The Balaban J connectivity index is 1.73. The fraction of sp³-hybridized carbons (Fsp3) is 0.273. The second-order valence-electron chi connectivity index (χ2n) is 6.33. The number of amides is 2. The van der Waals surface area contributed by atoms with E-state index in [0.717, 1.165) is 17.7 Å². The summed E-state index contributed by atoms with van der Waals surface area (Å²) >= 11 is 0. The van der Waals surface area contributed by atoms with Crippen LogP contribution in [0, 0.1) is 0 Å². The molecule has 1 saturated heterocycles. The van der Waals surface area contributed by atoms with Gasteiger partial charge in [-0.15, -0.1) is 0 Å². The molecular weight excluding hydrogens is 356 g/mol. The standard InChI is InChI=1S/C22H24N2O4/c1-3-28-20-15-16(10-12-19(20)27-2)11-13-21(25)23-17-7-4-5-8-18(17)24-14-6-9-22(24)26/h4-5,7-8,10-13,15H,3,6,9,14H2,1-2H3,(H,23,25)/b13-11+. The summed E-state index contributed by atoms with van der Waals surface area (Å²) in [4.78, 5) is 26.2. The van der Waals surface area contributed by atoms with E-state index in [9.17, 15) is 9.59 Å². The molecule has 0 bridgehead atoms. The average molecular weight is 380 g/mol. The maximum Gasteiger partial charge on any atom is 0.248 e. The van der Waals surface area contributed by atoms with Crippen LogP contribution < -0.4 is 19.7 Å². The van der Waals surface area contributed by atoms with E-state index in [-0.39, 0.29) is 11.8 Å². The third-order valence-corrected chi connectivity index (χ3v) is 4.44. The lowest BCUT2D eigenvalue weighted by atomic mass is 10.2. The maximum atomic E-state index is 12.4. The van der Waals surface area contributed by atoms with Gasteiger partial charge in [0.25, 0.3) is 0 Å². The fourth-order valence-corrected chi connectivity index (χ4v) is 3.13. The van der Waals surface area contributed by atoms with Gasteiger partial charge in [0, 0.05) is 19.0 Å². The quantitative estimate of drug-likeness (QED) is 0.741. The number of carbonyl (C=O) groups excluding carboxylic acids is 2. The molecule has 0 radical (unpaired) electrons. The Morgan fingerprint density at radius 1 is 1.21 bits per heavy atom. The van der Waals surface area contributed by atoms with Crippen LogP contribution in [0.2, 0.25) is 0 Å². The van der Waals surface area contributed by atoms with Crippen LogP contribution in [-0.2, 0) is 9.59 Å². The van der Waals surface area contributed by atoms with Gasteiger partial charge in [0.15, 0.2) is 11.5 Å². The number of nitrogens with zero attached hydrogens (tertiary/aromatic N) is 1. The minimum atomic E-state index is -0.270. The molecule has 6 heteroatoms. The molecule has 1 aliphatic heterocycles. The van der Waals surface area contributed by atoms with Crippen molar-refractivity contribution < 1.29 is 19.1 Å². The third-order valence-electron chi connectivity index (χ3n) is 4.44. The topological polar surface area (TPSA) is 67.9 Å². The summed E-state index contributed by atoms with van der Waals surface area (Å²) in [6.07, 6.45) is 4.55. The van der Waals surface area contributed by atoms with Crippen LogP contribution in [0.4, 0.5) is 11.4 Å². The highest BCUT2D eigenvalue weighted by atomic mass is 16.5. The van der Waals surface area contributed by atoms with Crippen molar-refractivity contribution in [3.8, 4) is 11.5 Å². The van der Waals surface area contributed by atoms with E-state index in [0.29, 0.717) is 36.8 Å². The van der Waals surface area contributed by atoms with Gasteiger partial charge in [-0.3, -0.25) is 9.59 Å². The molecule has 6 nitrogen and oxygen atoms in total. The van der Waals surface area contributed by atoms with Crippen LogP contribution in [0.1, 0.15) is 25.3 Å². The van der Waals surface area contributed by atoms with Crippen molar-refractivity contribution in [2.75, 3.05) is 30.5 Å². The Bertz CT molecular complexity index is 892. The summed E-state index contributed by atoms with van der Waals surface area (Å²) in [7, 11) is 1.59. The fourth-order valence-electron chi connectivity index (χ4n) is 3.13. The molecule has 146 valence electrons. The number of carbonyl (C=O) groups is 2. The number of para-hydroxylation sites is 2. The van der Waals surface area contributed by atoms with Crippen LogP contribution in [0.25, 0.3) is 6.08 Å². The summed E-state index contributed by atoms with van der Waals surface area (Å²) in [5.74, 6) is 1.09. The number of ether oxygens (including phenoxy) is 2. The molecule has 28 heavy (non-hydrogen) atoms. The van der Waals surface area contributed by atoms with Crippen LogP contribution >= 0.6 is 0 Å². The first-order valence-electron chi connectivity index (χ1n) is 9.31. The molecule has 2 aromatic rings. The normalized spacial score (nSPS) is 13.8. The average Bonchev–Trinajstić information content (AvgIpc) is 3.13. The minimum absolute atomic E-state index is 0.0823. The maximum absolute atomic E-state index is 12.4. The number of rotatable bonds is 7. The van der Waals surface area contributed by atoms with Crippen molar-refractivity contribution in [1.82, 2.24) is 0 Å². The molecule has 0 aromatic heterocycles. The Morgan fingerprint density at radius 2 is 2.04 bits per heavy atom. The van der Waals surface area contributed by atoms with Gasteiger partial charge in [-0.2, -0.15) is 0 Å². The van der Waals surface area contributed by atoms with Gasteiger partial charge < -0.3 is 19.7 Å². The van der Waals surface area contributed by atoms with Crippen molar-refractivity contribution in [1.29, 1.82) is 0 Å². The lowest BCUT2D eigenvalue weighted by Crippen LogP contribution is -2.25. The van der Waals surface area contributed by atoms with Crippen LogP contribution in [0.5, 0.6) is 11.5 Å². The van der Waals surface area contributed by atoms with Crippen molar-refractivity contribution in [3.05, 3.63) is 54.1 Å². The van der Waals surface area contributed by atoms with E-state index < -0.39 is 0 Å². The van der Waals surface area contributed by atoms with E-state index >= 15 is 0 Å². The predicted molar refractivity (Wildman–Crippen MR) is 110 cm³/mol. The second-order valence-corrected chi connectivity index (χ2v) is 6.33. The molecule has 3 rings (SSSR count). The molecule has 1 aliphatic rings. The van der Waals surface area contributed by atoms with Gasteiger partial charge in [-0.25, -0.2) is 0 Å². The van der Waals surface area contributed by atoms with Crippen molar-refractivity contribution in [2.24, 2.45) is 0 Å². The monoisotopic (exact) mass is 380 g/mol. The highest BCUT2D eigenvalue weighted by molar-refractivity contribution is 6.06. The number of hydrogen-bond acceptors (Lipinski definition) is 4. The molecule has 0 unspecified atom stereocenters. The van der Waals surface area contributed by atoms with Gasteiger partial charge in [0.2, 0.25) is 11.8 Å². The first kappa shape index (κ1) is 19.5. The lowest BCUT2D eigenvalue weighted by Gasteiger charge is -2.19. The summed E-state index contributed by atoms with van der Waals surface area (Å²) in [6.45, 7) is 3.10. The molecule has 0 saturated carbocycles. The molecule has 1 fully saturated rings. The molecule has 2 amide bonds. The predicted octanol–water partition coefficient (Wildman–Crippen LogP) is 3.87. The molecule has 1 N–H and O–H groups in total. The summed E-state index contributed by atoms with van der Waals surface area (Å²) < 4.78 is 10.8. The summed E-state index contributed by atoms with van der Waals surface area (Å²) in [6, 6.07) is 12.8. The van der Waals surface area contributed by atoms with Crippen molar-refractivity contribution >= 4 is 29.3 Å². The summed E-state index contributed by atoms with van der Waals surface area (Å²) in [5, 5.41) is 2.86. The smallest absolute Gasteiger partial charge is 0.248 e. The Kier molecular flexibility index (Phi) is 6.32. The van der Waals surface area contributed by atoms with Crippen LogP contribution in [-0.4, -0.2) is 32.1 Å². The Hall–Kier alpha value is -3.28. The molecule has 2 aromatic carbocycles.